The normalized spacial score (nSPS) is 13.1. The second kappa shape index (κ2) is 11.8. The van der Waals surface area contributed by atoms with Gasteiger partial charge in [-0.3, -0.25) is 9.55 Å². The van der Waals surface area contributed by atoms with Crippen molar-refractivity contribution in [1.29, 1.82) is 0 Å². The van der Waals surface area contributed by atoms with Crippen LogP contribution in [0, 0.1) is 30.6 Å². The molecule has 0 amide bonds. The van der Waals surface area contributed by atoms with Crippen LogP contribution in [0.4, 0.5) is 0 Å². The second-order valence-electron chi connectivity index (χ2n) is 7.95. The molecular formula is C27H27N3O3S. The maximum absolute atomic E-state index is 9.29. The summed E-state index contributed by atoms with van der Waals surface area (Å²) in [5, 5.41) is 19.6. The van der Waals surface area contributed by atoms with Gasteiger partial charge in [-0.25, -0.2) is 4.98 Å². The highest BCUT2D eigenvalue weighted by Crippen LogP contribution is 2.36. The fourth-order valence-electron chi connectivity index (χ4n) is 3.93. The van der Waals surface area contributed by atoms with Crippen LogP contribution in [0.2, 0.25) is 0 Å². The Morgan fingerprint density at radius 3 is 2.62 bits per heavy atom. The topological polar surface area (TPSA) is 80.4 Å². The highest BCUT2D eigenvalue weighted by molar-refractivity contribution is 7.99. The summed E-state index contributed by atoms with van der Waals surface area (Å²) < 4.78 is 8.25. The average molecular weight is 474 g/mol. The number of aliphatic hydroxyl groups excluding tert-OH is 2. The fraction of sp³-hybridized carbons (Fsp3) is 0.333. The van der Waals surface area contributed by atoms with Gasteiger partial charge in [-0.2, -0.15) is 0 Å². The molecule has 0 bridgehead atoms. The fourth-order valence-corrected chi connectivity index (χ4v) is 5.26. The summed E-state index contributed by atoms with van der Waals surface area (Å²) in [6.07, 6.45) is 8.41. The lowest BCUT2D eigenvalue weighted by Crippen LogP contribution is -2.08. The lowest BCUT2D eigenvalue weighted by atomic mass is 10.1. The zero-order valence-electron chi connectivity index (χ0n) is 19.1. The SMILES string of the molecule is Cc1cc(OCc2c(C#CCO)nc(SC3CCCC3)n2-c2cccnc2)ccc1C#CCO. The van der Waals surface area contributed by atoms with E-state index in [1.54, 1.807) is 18.0 Å². The van der Waals surface area contributed by atoms with Crippen molar-refractivity contribution in [2.75, 3.05) is 13.2 Å². The molecule has 34 heavy (non-hydrogen) atoms. The van der Waals surface area contributed by atoms with Crippen molar-refractivity contribution >= 4 is 11.8 Å². The van der Waals surface area contributed by atoms with Gasteiger partial charge in [-0.05, 0) is 61.6 Å². The number of aromatic nitrogens is 3. The van der Waals surface area contributed by atoms with Crippen LogP contribution in [-0.2, 0) is 6.61 Å². The molecule has 174 valence electrons. The summed E-state index contributed by atoms with van der Waals surface area (Å²) in [5.41, 5.74) is 4.14. The Hall–Kier alpha value is -3.23. The Balaban J connectivity index is 1.69. The lowest BCUT2D eigenvalue weighted by molar-refractivity contribution is 0.297. The summed E-state index contributed by atoms with van der Waals surface area (Å²) >= 11 is 1.78. The van der Waals surface area contributed by atoms with Crippen molar-refractivity contribution in [3.8, 4) is 35.1 Å². The molecule has 2 heterocycles. The third kappa shape index (κ3) is 5.81. The van der Waals surface area contributed by atoms with Gasteiger partial charge in [-0.1, -0.05) is 42.4 Å². The van der Waals surface area contributed by atoms with E-state index < -0.39 is 0 Å². The quantitative estimate of drug-likeness (QED) is 0.529. The summed E-state index contributed by atoms with van der Waals surface area (Å²) in [6, 6.07) is 9.59. The number of aliphatic hydroxyl groups is 2. The molecule has 0 spiro atoms. The molecule has 6 nitrogen and oxygen atoms in total. The Morgan fingerprint density at radius 2 is 1.91 bits per heavy atom. The van der Waals surface area contributed by atoms with E-state index in [1.165, 1.54) is 25.7 Å². The minimum absolute atomic E-state index is 0.172. The van der Waals surface area contributed by atoms with Gasteiger partial charge in [0, 0.05) is 17.0 Å². The Kier molecular flexibility index (Phi) is 8.27. The van der Waals surface area contributed by atoms with Crippen molar-refractivity contribution in [2.24, 2.45) is 0 Å². The van der Waals surface area contributed by atoms with Crippen LogP contribution in [0.1, 0.15) is 48.2 Å². The van der Waals surface area contributed by atoms with Crippen LogP contribution in [0.25, 0.3) is 5.69 Å². The predicted octanol–water partition coefficient (Wildman–Crippen LogP) is 3.88. The Morgan fingerprint density at radius 1 is 1.12 bits per heavy atom. The molecule has 1 aromatic carbocycles. The first-order valence-electron chi connectivity index (χ1n) is 11.3. The largest absolute Gasteiger partial charge is 0.487 e. The molecule has 1 aliphatic carbocycles. The van der Waals surface area contributed by atoms with Crippen LogP contribution in [-0.4, -0.2) is 43.2 Å². The van der Waals surface area contributed by atoms with Gasteiger partial charge in [0.1, 0.15) is 31.3 Å². The monoisotopic (exact) mass is 473 g/mol. The van der Waals surface area contributed by atoms with E-state index in [0.717, 1.165) is 27.7 Å². The molecule has 7 heteroatoms. The van der Waals surface area contributed by atoms with Gasteiger partial charge in [0.25, 0.3) is 0 Å². The number of thioether (sulfide) groups is 1. The molecule has 0 aliphatic heterocycles. The molecule has 0 saturated heterocycles. The van der Waals surface area contributed by atoms with Gasteiger partial charge < -0.3 is 14.9 Å². The van der Waals surface area contributed by atoms with Crippen LogP contribution < -0.4 is 4.74 Å². The van der Waals surface area contributed by atoms with E-state index in [4.69, 9.17) is 14.8 Å². The lowest BCUT2D eigenvalue weighted by Gasteiger charge is -2.14. The van der Waals surface area contributed by atoms with Crippen LogP contribution in [0.15, 0.2) is 47.9 Å². The number of hydrogen-bond donors (Lipinski definition) is 2. The summed E-state index contributed by atoms with van der Waals surface area (Å²) in [5.74, 6) is 12.1. The van der Waals surface area contributed by atoms with Crippen molar-refractivity contribution in [3.05, 3.63) is 65.2 Å². The standard InChI is InChI=1S/C27H27N3O3S/c1-20-17-23(13-12-21(20)7-5-15-31)33-19-26-25(11-6-16-32)29-27(34-24-9-2-3-10-24)30(26)22-8-4-14-28-18-22/h4,8,12-14,17-18,24,31-32H,2-3,9-10,15-16,19H2,1H3. The second-order valence-corrected chi connectivity index (χ2v) is 9.21. The van der Waals surface area contributed by atoms with E-state index in [1.807, 2.05) is 43.5 Å². The number of rotatable bonds is 6. The number of aryl methyl sites for hydroxylation is 1. The first-order valence-corrected chi connectivity index (χ1v) is 12.2. The maximum Gasteiger partial charge on any atom is 0.174 e. The summed E-state index contributed by atoms with van der Waals surface area (Å²) in [7, 11) is 0. The minimum atomic E-state index is -0.235. The van der Waals surface area contributed by atoms with Gasteiger partial charge in [0.15, 0.2) is 5.16 Å². The molecule has 3 aromatic rings. The van der Waals surface area contributed by atoms with E-state index >= 15 is 0 Å². The summed E-state index contributed by atoms with van der Waals surface area (Å²) in [4.78, 5) is 9.16. The van der Waals surface area contributed by atoms with Crippen molar-refractivity contribution < 1.29 is 14.9 Å². The number of imidazole rings is 1. The molecule has 2 N–H and O–H groups in total. The first-order chi connectivity index (χ1) is 16.7. The molecule has 0 atom stereocenters. The molecule has 1 aliphatic rings. The third-order valence-corrected chi connectivity index (χ3v) is 6.87. The molecular weight excluding hydrogens is 446 g/mol. The van der Waals surface area contributed by atoms with Gasteiger partial charge >= 0.3 is 0 Å². The number of pyridine rings is 1. The smallest absolute Gasteiger partial charge is 0.174 e. The number of nitrogens with zero attached hydrogens (tertiary/aromatic N) is 3. The zero-order chi connectivity index (χ0) is 23.8. The third-order valence-electron chi connectivity index (χ3n) is 5.58. The molecule has 4 rings (SSSR count). The highest BCUT2D eigenvalue weighted by Gasteiger charge is 2.24. The maximum atomic E-state index is 9.29. The molecule has 2 aromatic heterocycles. The Bertz CT molecular complexity index is 1240. The zero-order valence-corrected chi connectivity index (χ0v) is 19.9. The van der Waals surface area contributed by atoms with Gasteiger partial charge in [0.05, 0.1) is 17.6 Å². The van der Waals surface area contributed by atoms with Crippen LogP contribution >= 0.6 is 11.8 Å². The highest BCUT2D eigenvalue weighted by atomic mass is 32.2. The molecule has 0 unspecified atom stereocenters. The van der Waals surface area contributed by atoms with E-state index in [-0.39, 0.29) is 19.8 Å². The van der Waals surface area contributed by atoms with Crippen LogP contribution in [0.3, 0.4) is 0 Å². The van der Waals surface area contributed by atoms with E-state index in [0.29, 0.717) is 16.7 Å². The average Bonchev–Trinajstić information content (AvgIpc) is 3.49. The molecule has 1 fully saturated rings. The van der Waals surface area contributed by atoms with E-state index in [2.05, 4.69) is 33.2 Å². The number of hydrogen-bond acceptors (Lipinski definition) is 6. The predicted molar refractivity (Wildman–Crippen MR) is 133 cm³/mol. The number of benzene rings is 1. The van der Waals surface area contributed by atoms with Gasteiger partial charge in [-0.15, -0.1) is 0 Å². The van der Waals surface area contributed by atoms with Gasteiger partial charge in [0.2, 0.25) is 0 Å². The first kappa shape index (κ1) is 23.9. The van der Waals surface area contributed by atoms with Crippen molar-refractivity contribution in [3.63, 3.8) is 0 Å². The van der Waals surface area contributed by atoms with Crippen LogP contribution in [0.5, 0.6) is 5.75 Å². The van der Waals surface area contributed by atoms with Crippen molar-refractivity contribution in [1.82, 2.24) is 14.5 Å². The molecule has 0 radical (unpaired) electrons. The molecule has 1 saturated carbocycles. The summed E-state index contributed by atoms with van der Waals surface area (Å²) in [6.45, 7) is 1.81. The van der Waals surface area contributed by atoms with E-state index in [9.17, 15) is 5.11 Å². The number of ether oxygens (including phenoxy) is 1. The Labute approximate surface area is 204 Å². The van der Waals surface area contributed by atoms with Crippen molar-refractivity contribution in [2.45, 2.75) is 49.6 Å². The minimum Gasteiger partial charge on any atom is -0.487 e.